The molecule has 0 unspecified atom stereocenters. The van der Waals surface area contributed by atoms with E-state index < -0.39 is 0 Å². The first-order valence-corrected chi connectivity index (χ1v) is 3.27. The standard InChI is InChI=1S/C9H11.HI.Zn/c1-8(2)9-6-4-3-5-7-9;;/h3-6,8H,1-2H3;1H;/q-1;;+2/p-1. The Bertz CT molecular complexity index is 172. The normalized spacial score (nSPS) is 8.27. The summed E-state index contributed by atoms with van der Waals surface area (Å²) >= 11 is 0. The molecule has 0 amide bonds. The molecule has 0 aliphatic carbocycles. The summed E-state index contributed by atoms with van der Waals surface area (Å²) in [4.78, 5) is 0. The van der Waals surface area contributed by atoms with Crippen molar-refractivity contribution in [3.05, 3.63) is 35.9 Å². The first-order valence-electron chi connectivity index (χ1n) is 3.27. The van der Waals surface area contributed by atoms with Crippen LogP contribution in [0.4, 0.5) is 0 Å². The Morgan fingerprint density at radius 1 is 1.27 bits per heavy atom. The fourth-order valence-electron chi connectivity index (χ4n) is 0.766. The van der Waals surface area contributed by atoms with Crippen LogP contribution in [0.2, 0.25) is 0 Å². The summed E-state index contributed by atoms with van der Waals surface area (Å²) in [5, 5.41) is 0. The molecule has 0 saturated carbocycles. The molecule has 1 aromatic rings. The molecule has 0 spiro atoms. The predicted octanol–water partition coefficient (Wildman–Crippen LogP) is -0.388. The molecule has 0 atom stereocenters. The molecule has 56 valence electrons. The van der Waals surface area contributed by atoms with Crippen molar-refractivity contribution in [2.45, 2.75) is 19.8 Å². The SMILES string of the molecule is CC(C)c1[c-]cccc1.[I-].[Zn+2]. The smallest absolute Gasteiger partial charge is 1.00 e. The molecule has 0 fully saturated rings. The fraction of sp³-hybridized carbons (Fsp3) is 0.333. The van der Waals surface area contributed by atoms with Gasteiger partial charge >= 0.3 is 19.5 Å². The van der Waals surface area contributed by atoms with E-state index in [0.717, 1.165) is 0 Å². The van der Waals surface area contributed by atoms with Gasteiger partial charge in [-0.2, -0.15) is 35.9 Å². The minimum absolute atomic E-state index is 0. The molecule has 0 aromatic heterocycles. The minimum Gasteiger partial charge on any atom is -1.00 e. The molecule has 1 aromatic carbocycles. The molecule has 1 rings (SSSR count). The van der Waals surface area contributed by atoms with Crippen molar-refractivity contribution in [1.29, 1.82) is 0 Å². The van der Waals surface area contributed by atoms with Crippen molar-refractivity contribution >= 4 is 0 Å². The van der Waals surface area contributed by atoms with Crippen LogP contribution in [0.3, 0.4) is 0 Å². The Hall–Kier alpha value is 0.573. The van der Waals surface area contributed by atoms with Crippen molar-refractivity contribution < 1.29 is 43.5 Å². The van der Waals surface area contributed by atoms with Gasteiger partial charge in [0, 0.05) is 0 Å². The third-order valence-corrected chi connectivity index (χ3v) is 1.36. The van der Waals surface area contributed by atoms with E-state index in [0.29, 0.717) is 5.92 Å². The quantitative estimate of drug-likeness (QED) is 0.377. The second-order valence-corrected chi connectivity index (χ2v) is 2.47. The number of hydrogen-bond donors (Lipinski definition) is 0. The van der Waals surface area contributed by atoms with E-state index in [4.69, 9.17) is 0 Å². The molecular formula is C9H11IZn. The molecule has 0 heterocycles. The van der Waals surface area contributed by atoms with Crippen molar-refractivity contribution in [2.24, 2.45) is 0 Å². The molecular weight excluding hydrogens is 300 g/mol. The molecule has 0 aliphatic heterocycles. The van der Waals surface area contributed by atoms with Gasteiger partial charge in [-0.05, 0) is 5.92 Å². The summed E-state index contributed by atoms with van der Waals surface area (Å²) in [6.45, 7) is 4.34. The maximum Gasteiger partial charge on any atom is 2.00 e. The van der Waals surface area contributed by atoms with Crippen molar-refractivity contribution in [2.75, 3.05) is 0 Å². The van der Waals surface area contributed by atoms with E-state index in [-0.39, 0.29) is 43.5 Å². The minimum atomic E-state index is 0. The maximum absolute atomic E-state index is 3.17. The number of rotatable bonds is 1. The van der Waals surface area contributed by atoms with Gasteiger partial charge in [-0.3, -0.25) is 0 Å². The van der Waals surface area contributed by atoms with Gasteiger partial charge in [-0.15, -0.1) is 0 Å². The van der Waals surface area contributed by atoms with Crippen LogP contribution in [0.25, 0.3) is 0 Å². The van der Waals surface area contributed by atoms with Crippen LogP contribution < -0.4 is 24.0 Å². The second kappa shape index (κ2) is 7.23. The first kappa shape index (κ1) is 14.1. The molecule has 11 heavy (non-hydrogen) atoms. The van der Waals surface area contributed by atoms with Crippen molar-refractivity contribution in [1.82, 2.24) is 0 Å². The van der Waals surface area contributed by atoms with Gasteiger partial charge in [-0.25, -0.2) is 0 Å². The Morgan fingerprint density at radius 2 is 1.91 bits per heavy atom. The van der Waals surface area contributed by atoms with Crippen LogP contribution in [0.5, 0.6) is 0 Å². The third-order valence-electron chi connectivity index (χ3n) is 1.36. The number of benzene rings is 1. The second-order valence-electron chi connectivity index (χ2n) is 2.47. The average molecular weight is 311 g/mol. The molecule has 0 nitrogen and oxygen atoms in total. The molecule has 0 aliphatic rings. The third kappa shape index (κ3) is 4.92. The van der Waals surface area contributed by atoms with Crippen LogP contribution in [-0.2, 0) is 19.5 Å². The van der Waals surface area contributed by atoms with E-state index in [1.165, 1.54) is 5.56 Å². The topological polar surface area (TPSA) is 0 Å². The molecule has 2 heteroatoms. The number of halogens is 1. The van der Waals surface area contributed by atoms with Crippen LogP contribution in [0.1, 0.15) is 25.3 Å². The zero-order chi connectivity index (χ0) is 6.69. The van der Waals surface area contributed by atoms with Gasteiger partial charge in [0.2, 0.25) is 0 Å². The van der Waals surface area contributed by atoms with Crippen LogP contribution in [0.15, 0.2) is 24.3 Å². The van der Waals surface area contributed by atoms with E-state index >= 15 is 0 Å². The first-order chi connectivity index (χ1) is 4.30. The Morgan fingerprint density at radius 3 is 2.18 bits per heavy atom. The van der Waals surface area contributed by atoms with Gasteiger partial charge in [0.1, 0.15) is 0 Å². The number of hydrogen-bond acceptors (Lipinski definition) is 0. The largest absolute Gasteiger partial charge is 2.00 e. The fourth-order valence-corrected chi connectivity index (χ4v) is 0.766. The monoisotopic (exact) mass is 310 g/mol. The Kier molecular flexibility index (Phi) is 9.29. The van der Waals surface area contributed by atoms with Crippen LogP contribution in [-0.4, -0.2) is 0 Å². The van der Waals surface area contributed by atoms with Crippen LogP contribution >= 0.6 is 0 Å². The Labute approximate surface area is 98.6 Å². The molecule has 0 N–H and O–H groups in total. The molecule has 0 bridgehead atoms. The van der Waals surface area contributed by atoms with E-state index in [2.05, 4.69) is 26.0 Å². The van der Waals surface area contributed by atoms with Gasteiger partial charge in [-0.1, -0.05) is 13.8 Å². The average Bonchev–Trinajstić information content (AvgIpc) is 1.90. The summed E-state index contributed by atoms with van der Waals surface area (Å²) in [7, 11) is 0. The molecule has 0 saturated heterocycles. The predicted molar refractivity (Wildman–Crippen MR) is 39.4 cm³/mol. The van der Waals surface area contributed by atoms with Gasteiger partial charge in [0.25, 0.3) is 0 Å². The van der Waals surface area contributed by atoms with E-state index in [1.54, 1.807) is 0 Å². The zero-order valence-electron chi connectivity index (χ0n) is 6.97. The summed E-state index contributed by atoms with van der Waals surface area (Å²) in [6.07, 6.45) is 0. The van der Waals surface area contributed by atoms with Gasteiger partial charge in [0.15, 0.2) is 0 Å². The summed E-state index contributed by atoms with van der Waals surface area (Å²) in [5.41, 5.74) is 1.29. The van der Waals surface area contributed by atoms with E-state index in [1.807, 2.05) is 18.2 Å². The maximum atomic E-state index is 3.17. The Balaban J connectivity index is 0. The van der Waals surface area contributed by atoms with Crippen molar-refractivity contribution in [3.8, 4) is 0 Å². The molecule has 0 radical (unpaired) electrons. The summed E-state index contributed by atoms with van der Waals surface area (Å²) in [6, 6.07) is 11.3. The van der Waals surface area contributed by atoms with Gasteiger partial charge < -0.3 is 24.0 Å². The van der Waals surface area contributed by atoms with Crippen LogP contribution in [0, 0.1) is 6.07 Å². The zero-order valence-corrected chi connectivity index (χ0v) is 12.1. The van der Waals surface area contributed by atoms with E-state index in [9.17, 15) is 0 Å². The van der Waals surface area contributed by atoms with Crippen molar-refractivity contribution in [3.63, 3.8) is 0 Å². The summed E-state index contributed by atoms with van der Waals surface area (Å²) in [5.74, 6) is 0.603. The van der Waals surface area contributed by atoms with Gasteiger partial charge in [0.05, 0.1) is 0 Å². The summed E-state index contributed by atoms with van der Waals surface area (Å²) < 4.78 is 0.